The second-order valence-electron chi connectivity index (χ2n) is 6.23. The fraction of sp³-hybridized carbons (Fsp3) is 0. The van der Waals surface area contributed by atoms with Crippen LogP contribution in [-0.4, -0.2) is 0 Å². The third-order valence-electron chi connectivity index (χ3n) is 4.77. The van der Waals surface area contributed by atoms with Crippen LogP contribution >= 0.6 is 10.0 Å². The maximum Gasteiger partial charge on any atom is 0.140 e. The van der Waals surface area contributed by atoms with Gasteiger partial charge >= 0.3 is 0 Å². The molecule has 1 heterocycles. The fourth-order valence-electron chi connectivity index (χ4n) is 3.70. The molecule has 0 amide bonds. The maximum atomic E-state index is 6.30. The van der Waals surface area contributed by atoms with E-state index in [0.717, 1.165) is 11.5 Å². The molecule has 1 aliphatic heterocycles. The van der Waals surface area contributed by atoms with E-state index in [9.17, 15) is 0 Å². The van der Waals surface area contributed by atoms with Crippen molar-refractivity contribution in [1.29, 1.82) is 0 Å². The first kappa shape index (κ1) is 15.3. The highest BCUT2D eigenvalue weighted by atomic mass is 32.3. The van der Waals surface area contributed by atoms with Gasteiger partial charge in [-0.2, -0.15) is 0 Å². The summed E-state index contributed by atoms with van der Waals surface area (Å²) in [6, 6.07) is 38.6. The Morgan fingerprint density at radius 3 is 1.27 bits per heavy atom. The molecule has 0 unspecified atom stereocenters. The van der Waals surface area contributed by atoms with Gasteiger partial charge in [0.15, 0.2) is 0 Å². The standard InChI is InChI=1S/C24H18OS/c1-3-11-19(12-4-1)26(20-13-5-2-6-14-20)23-17-9-7-15-21(23)25-22-16-8-10-18-24(22)26/h1-18H. The van der Waals surface area contributed by atoms with Crippen molar-refractivity contribution in [3.8, 4) is 11.5 Å². The molecule has 0 aliphatic carbocycles. The average Bonchev–Trinajstić information content (AvgIpc) is 2.73. The lowest BCUT2D eigenvalue weighted by atomic mass is 10.3. The minimum atomic E-state index is -1.60. The van der Waals surface area contributed by atoms with Gasteiger partial charge < -0.3 is 4.74 Å². The molecule has 4 aromatic rings. The first-order valence-electron chi connectivity index (χ1n) is 8.70. The summed E-state index contributed by atoms with van der Waals surface area (Å²) in [7, 11) is -1.60. The Labute approximate surface area is 155 Å². The van der Waals surface area contributed by atoms with E-state index in [2.05, 4.69) is 97.1 Å². The normalized spacial score (nSPS) is 15.2. The van der Waals surface area contributed by atoms with Crippen molar-refractivity contribution in [2.75, 3.05) is 0 Å². The summed E-state index contributed by atoms with van der Waals surface area (Å²) < 4.78 is 6.30. The summed E-state index contributed by atoms with van der Waals surface area (Å²) >= 11 is 0. The largest absolute Gasteiger partial charge is 0.455 e. The molecule has 5 rings (SSSR count). The van der Waals surface area contributed by atoms with Gasteiger partial charge in [-0.1, -0.05) is 60.7 Å². The minimum Gasteiger partial charge on any atom is -0.455 e. The topological polar surface area (TPSA) is 9.23 Å². The monoisotopic (exact) mass is 354 g/mol. The third kappa shape index (κ3) is 2.12. The Kier molecular flexibility index (Phi) is 3.58. The van der Waals surface area contributed by atoms with Gasteiger partial charge in [-0.15, -0.1) is 10.0 Å². The Morgan fingerprint density at radius 1 is 0.423 bits per heavy atom. The summed E-state index contributed by atoms with van der Waals surface area (Å²) in [5, 5.41) is 0. The molecule has 0 radical (unpaired) electrons. The molecule has 1 aliphatic rings. The molecule has 1 nitrogen and oxygen atoms in total. The number of hydrogen-bond acceptors (Lipinski definition) is 1. The molecule has 26 heavy (non-hydrogen) atoms. The van der Waals surface area contributed by atoms with Crippen molar-refractivity contribution in [2.45, 2.75) is 19.6 Å². The van der Waals surface area contributed by atoms with Gasteiger partial charge in [-0.3, -0.25) is 0 Å². The Balaban J connectivity index is 1.97. The van der Waals surface area contributed by atoms with Gasteiger partial charge in [-0.05, 0) is 48.5 Å². The number of hydrogen-bond donors (Lipinski definition) is 0. The van der Waals surface area contributed by atoms with Gasteiger partial charge in [0.05, 0.1) is 0 Å². The molecule has 4 aromatic carbocycles. The van der Waals surface area contributed by atoms with Crippen LogP contribution in [0.25, 0.3) is 0 Å². The summed E-state index contributed by atoms with van der Waals surface area (Å²) in [5.74, 6) is 1.91. The third-order valence-corrected chi connectivity index (χ3v) is 8.72. The Hall–Kier alpha value is -2.97. The molecule has 0 spiro atoms. The predicted octanol–water partition coefficient (Wildman–Crippen LogP) is 7.13. The number of rotatable bonds is 2. The van der Waals surface area contributed by atoms with E-state index in [-0.39, 0.29) is 0 Å². The van der Waals surface area contributed by atoms with E-state index in [1.807, 2.05) is 12.1 Å². The number of fused-ring (bicyclic) bond motifs is 2. The quantitative estimate of drug-likeness (QED) is 0.327. The molecular weight excluding hydrogens is 336 g/mol. The van der Waals surface area contributed by atoms with Gasteiger partial charge in [0, 0.05) is 19.6 Å². The van der Waals surface area contributed by atoms with Crippen molar-refractivity contribution >= 4 is 10.0 Å². The zero-order valence-corrected chi connectivity index (χ0v) is 15.0. The van der Waals surface area contributed by atoms with E-state index < -0.39 is 10.0 Å². The smallest absolute Gasteiger partial charge is 0.140 e. The lowest BCUT2D eigenvalue weighted by Crippen LogP contribution is -2.11. The first-order valence-corrected chi connectivity index (χ1v) is 10.3. The molecule has 0 atom stereocenters. The highest BCUT2D eigenvalue weighted by Crippen LogP contribution is 2.78. The average molecular weight is 354 g/mol. The van der Waals surface area contributed by atoms with E-state index in [4.69, 9.17) is 4.74 Å². The lowest BCUT2D eigenvalue weighted by molar-refractivity contribution is 0.452. The molecular formula is C24H18OS. The van der Waals surface area contributed by atoms with Gasteiger partial charge in [0.25, 0.3) is 0 Å². The van der Waals surface area contributed by atoms with Crippen molar-refractivity contribution in [3.63, 3.8) is 0 Å². The van der Waals surface area contributed by atoms with Gasteiger partial charge in [-0.25, -0.2) is 0 Å². The highest BCUT2D eigenvalue weighted by Gasteiger charge is 2.40. The first-order chi connectivity index (χ1) is 12.9. The molecule has 0 saturated carbocycles. The Bertz CT molecular complexity index is 971. The number of para-hydroxylation sites is 2. The van der Waals surface area contributed by atoms with Crippen LogP contribution in [0.2, 0.25) is 0 Å². The van der Waals surface area contributed by atoms with Crippen molar-refractivity contribution in [2.24, 2.45) is 0 Å². The fourth-order valence-corrected chi connectivity index (χ4v) is 7.75. The van der Waals surface area contributed by atoms with Crippen LogP contribution in [0.4, 0.5) is 0 Å². The van der Waals surface area contributed by atoms with E-state index in [0.29, 0.717) is 0 Å². The van der Waals surface area contributed by atoms with E-state index in [1.54, 1.807) is 0 Å². The second kappa shape index (κ2) is 6.08. The van der Waals surface area contributed by atoms with Crippen LogP contribution in [0.3, 0.4) is 0 Å². The predicted molar refractivity (Wildman–Crippen MR) is 106 cm³/mol. The molecule has 0 fully saturated rings. The van der Waals surface area contributed by atoms with Gasteiger partial charge in [0.1, 0.15) is 11.5 Å². The van der Waals surface area contributed by atoms with Crippen LogP contribution in [0.5, 0.6) is 11.5 Å². The number of ether oxygens (including phenoxy) is 1. The molecule has 0 saturated heterocycles. The summed E-state index contributed by atoms with van der Waals surface area (Å²) in [5.41, 5.74) is 0. The van der Waals surface area contributed by atoms with Crippen molar-refractivity contribution in [1.82, 2.24) is 0 Å². The minimum absolute atomic E-state index is 0.953. The molecule has 0 aromatic heterocycles. The van der Waals surface area contributed by atoms with Crippen LogP contribution in [0.1, 0.15) is 0 Å². The summed E-state index contributed by atoms with van der Waals surface area (Å²) in [6.45, 7) is 0. The van der Waals surface area contributed by atoms with Crippen LogP contribution < -0.4 is 4.74 Å². The Morgan fingerprint density at radius 2 is 0.808 bits per heavy atom. The SMILES string of the molecule is c1ccc(S2(c3ccccc3)c3ccccc3Oc3ccccc32)cc1. The second-order valence-corrected chi connectivity index (χ2v) is 9.28. The zero-order valence-electron chi connectivity index (χ0n) is 14.2. The van der Waals surface area contributed by atoms with E-state index >= 15 is 0 Å². The van der Waals surface area contributed by atoms with Crippen molar-refractivity contribution in [3.05, 3.63) is 109 Å². The lowest BCUT2D eigenvalue weighted by Gasteiger charge is -2.45. The number of benzene rings is 4. The van der Waals surface area contributed by atoms with Crippen molar-refractivity contribution < 1.29 is 4.74 Å². The molecule has 126 valence electrons. The summed E-state index contributed by atoms with van der Waals surface area (Å²) in [6.07, 6.45) is 0. The van der Waals surface area contributed by atoms with E-state index in [1.165, 1.54) is 19.6 Å². The molecule has 0 bridgehead atoms. The van der Waals surface area contributed by atoms with Gasteiger partial charge in [0.2, 0.25) is 0 Å². The van der Waals surface area contributed by atoms with Crippen LogP contribution in [-0.2, 0) is 0 Å². The summed E-state index contributed by atoms with van der Waals surface area (Å²) in [4.78, 5) is 5.18. The maximum absolute atomic E-state index is 6.30. The van der Waals surface area contributed by atoms with Crippen LogP contribution in [0, 0.1) is 0 Å². The highest BCUT2D eigenvalue weighted by molar-refractivity contribution is 8.34. The molecule has 2 heteroatoms. The zero-order chi connectivity index (χ0) is 17.4. The van der Waals surface area contributed by atoms with Crippen LogP contribution in [0.15, 0.2) is 129 Å². The molecule has 0 N–H and O–H groups in total.